The molecule has 1 heterocycles. The molecule has 15 heavy (non-hydrogen) atoms. The lowest BCUT2D eigenvalue weighted by Crippen LogP contribution is -1.94. The predicted molar refractivity (Wildman–Crippen MR) is 62.3 cm³/mol. The number of allylic oxidation sites excluding steroid dienone is 2. The summed E-state index contributed by atoms with van der Waals surface area (Å²) in [6.07, 6.45) is 3.25. The van der Waals surface area contributed by atoms with Crippen molar-refractivity contribution in [1.29, 1.82) is 0 Å². The maximum atomic E-state index is 12.1. The van der Waals surface area contributed by atoms with E-state index in [9.17, 15) is 4.57 Å². The van der Waals surface area contributed by atoms with E-state index in [1.54, 1.807) is 0 Å². The number of rotatable bonds is 3. The molecule has 1 atom stereocenters. The van der Waals surface area contributed by atoms with Crippen molar-refractivity contribution < 1.29 is 9.09 Å². The topological polar surface area (TPSA) is 26.3 Å². The maximum Gasteiger partial charge on any atom is 0.211 e. The normalized spacial score (nSPS) is 25.3. The van der Waals surface area contributed by atoms with Crippen LogP contribution in [0, 0.1) is 0 Å². The highest BCUT2D eigenvalue weighted by atomic mass is 31.2. The van der Waals surface area contributed by atoms with Crippen LogP contribution in [-0.4, -0.2) is 12.3 Å². The highest BCUT2D eigenvalue weighted by molar-refractivity contribution is 7.59. The Balaban J connectivity index is 1.92. The molecule has 0 fully saturated rings. The summed E-state index contributed by atoms with van der Waals surface area (Å²) in [4.78, 5) is 0. The Kier molecular flexibility index (Phi) is 3.08. The van der Waals surface area contributed by atoms with Crippen molar-refractivity contribution in [2.24, 2.45) is 0 Å². The number of hydrogen-bond acceptors (Lipinski definition) is 2. The van der Waals surface area contributed by atoms with Gasteiger partial charge >= 0.3 is 0 Å². The van der Waals surface area contributed by atoms with E-state index in [4.69, 9.17) is 4.52 Å². The van der Waals surface area contributed by atoms with Crippen LogP contribution in [-0.2, 0) is 15.7 Å². The fraction of sp³-hybridized carbons (Fsp3) is 0.333. The Morgan fingerprint density at radius 1 is 1.33 bits per heavy atom. The Labute approximate surface area is 90.4 Å². The summed E-state index contributed by atoms with van der Waals surface area (Å²) in [5, 5.41) is 0. The zero-order valence-electron chi connectivity index (χ0n) is 8.85. The van der Waals surface area contributed by atoms with E-state index in [0.29, 0.717) is 18.9 Å². The maximum absolute atomic E-state index is 12.1. The van der Waals surface area contributed by atoms with E-state index in [1.165, 1.54) is 5.57 Å². The molecule has 3 heteroatoms. The SMILES string of the molecule is CC1=CCP(=O)(OCc2ccccc2)C1. The molecule has 0 N–H and O–H groups in total. The van der Waals surface area contributed by atoms with Crippen molar-refractivity contribution in [3.63, 3.8) is 0 Å². The second kappa shape index (κ2) is 4.34. The van der Waals surface area contributed by atoms with Crippen LogP contribution in [0.4, 0.5) is 0 Å². The summed E-state index contributed by atoms with van der Waals surface area (Å²) in [6.45, 7) is 2.46. The minimum absolute atomic E-state index is 0.458. The highest BCUT2D eigenvalue weighted by Gasteiger charge is 2.27. The molecule has 0 amide bonds. The van der Waals surface area contributed by atoms with Gasteiger partial charge in [0.15, 0.2) is 0 Å². The third kappa shape index (κ3) is 2.80. The number of benzene rings is 1. The van der Waals surface area contributed by atoms with Gasteiger partial charge in [0, 0.05) is 12.3 Å². The molecule has 80 valence electrons. The van der Waals surface area contributed by atoms with Gasteiger partial charge in [-0.3, -0.25) is 4.57 Å². The molecule has 0 aromatic heterocycles. The van der Waals surface area contributed by atoms with Gasteiger partial charge in [0.2, 0.25) is 7.37 Å². The molecule has 1 aliphatic rings. The summed E-state index contributed by atoms with van der Waals surface area (Å²) in [6, 6.07) is 9.87. The van der Waals surface area contributed by atoms with E-state index in [2.05, 4.69) is 0 Å². The van der Waals surface area contributed by atoms with Crippen LogP contribution < -0.4 is 0 Å². The van der Waals surface area contributed by atoms with Crippen molar-refractivity contribution in [2.75, 3.05) is 12.3 Å². The van der Waals surface area contributed by atoms with Gasteiger partial charge in [-0.25, -0.2) is 0 Å². The first-order valence-electron chi connectivity index (χ1n) is 5.10. The van der Waals surface area contributed by atoms with Gasteiger partial charge in [0.25, 0.3) is 0 Å². The van der Waals surface area contributed by atoms with Gasteiger partial charge in [0.05, 0.1) is 6.61 Å². The van der Waals surface area contributed by atoms with Crippen LogP contribution in [0.2, 0.25) is 0 Å². The van der Waals surface area contributed by atoms with Crippen molar-refractivity contribution in [3.8, 4) is 0 Å². The Hall–Kier alpha value is -0.850. The monoisotopic (exact) mass is 222 g/mol. The van der Waals surface area contributed by atoms with Crippen molar-refractivity contribution in [3.05, 3.63) is 47.5 Å². The van der Waals surface area contributed by atoms with Crippen LogP contribution in [0.1, 0.15) is 12.5 Å². The Morgan fingerprint density at radius 3 is 2.67 bits per heavy atom. The lowest BCUT2D eigenvalue weighted by atomic mass is 10.2. The molecule has 0 radical (unpaired) electrons. The van der Waals surface area contributed by atoms with E-state index < -0.39 is 7.37 Å². The van der Waals surface area contributed by atoms with Crippen molar-refractivity contribution in [2.45, 2.75) is 13.5 Å². The molecule has 2 rings (SSSR count). The zero-order valence-corrected chi connectivity index (χ0v) is 9.74. The summed E-state index contributed by atoms with van der Waals surface area (Å²) in [5.74, 6) is 0. The van der Waals surface area contributed by atoms with Crippen molar-refractivity contribution in [1.82, 2.24) is 0 Å². The van der Waals surface area contributed by atoms with Crippen LogP contribution >= 0.6 is 7.37 Å². The third-order valence-electron chi connectivity index (χ3n) is 2.52. The first kappa shape index (κ1) is 10.7. The van der Waals surface area contributed by atoms with E-state index in [-0.39, 0.29) is 0 Å². The molecule has 1 unspecified atom stereocenters. The van der Waals surface area contributed by atoms with E-state index >= 15 is 0 Å². The van der Waals surface area contributed by atoms with Gasteiger partial charge in [-0.2, -0.15) is 0 Å². The van der Waals surface area contributed by atoms with Gasteiger partial charge in [0.1, 0.15) is 0 Å². The summed E-state index contributed by atoms with van der Waals surface area (Å²) in [5.41, 5.74) is 2.27. The molecule has 1 aromatic rings. The highest BCUT2D eigenvalue weighted by Crippen LogP contribution is 2.52. The Bertz CT molecular complexity index is 409. The van der Waals surface area contributed by atoms with Gasteiger partial charge in [-0.15, -0.1) is 0 Å². The molecule has 1 aromatic carbocycles. The largest absolute Gasteiger partial charge is 0.323 e. The predicted octanol–water partition coefficient (Wildman–Crippen LogP) is 3.44. The van der Waals surface area contributed by atoms with Gasteiger partial charge < -0.3 is 4.52 Å². The zero-order chi connectivity index (χ0) is 10.7. The summed E-state index contributed by atoms with van der Waals surface area (Å²) < 4.78 is 17.7. The second-order valence-electron chi connectivity index (χ2n) is 3.96. The van der Waals surface area contributed by atoms with Crippen molar-refractivity contribution >= 4 is 7.37 Å². The lowest BCUT2D eigenvalue weighted by Gasteiger charge is -2.12. The first-order chi connectivity index (χ1) is 7.18. The molecule has 0 saturated heterocycles. The molecule has 0 bridgehead atoms. The molecular weight excluding hydrogens is 207 g/mol. The first-order valence-corrected chi connectivity index (χ1v) is 7.10. The summed E-state index contributed by atoms with van der Waals surface area (Å²) in [7, 11) is -2.38. The second-order valence-corrected chi connectivity index (χ2v) is 6.53. The van der Waals surface area contributed by atoms with Crippen LogP contribution in [0.5, 0.6) is 0 Å². The lowest BCUT2D eigenvalue weighted by molar-refractivity contribution is 0.307. The molecule has 0 aliphatic carbocycles. The van der Waals surface area contributed by atoms with E-state index in [0.717, 1.165) is 5.56 Å². The quantitative estimate of drug-likeness (QED) is 0.578. The Morgan fingerprint density at radius 2 is 2.07 bits per heavy atom. The third-order valence-corrected chi connectivity index (χ3v) is 4.84. The smallest absolute Gasteiger partial charge is 0.211 e. The minimum Gasteiger partial charge on any atom is -0.323 e. The summed E-state index contributed by atoms with van der Waals surface area (Å²) >= 11 is 0. The van der Waals surface area contributed by atoms with Gasteiger partial charge in [-0.05, 0) is 12.5 Å². The van der Waals surface area contributed by atoms with Crippen LogP contribution in [0.15, 0.2) is 42.0 Å². The average Bonchev–Trinajstić information content (AvgIpc) is 2.58. The fourth-order valence-corrected chi connectivity index (χ4v) is 3.86. The molecule has 2 nitrogen and oxygen atoms in total. The van der Waals surface area contributed by atoms with Crippen LogP contribution in [0.25, 0.3) is 0 Å². The standard InChI is InChI=1S/C12H15O2P/c1-11-7-8-15(13,10-11)14-9-12-5-3-2-4-6-12/h2-7H,8-10H2,1H3. The van der Waals surface area contributed by atoms with Gasteiger partial charge in [-0.1, -0.05) is 42.0 Å². The molecular formula is C12H15O2P. The fourth-order valence-electron chi connectivity index (χ4n) is 1.67. The molecule has 1 aliphatic heterocycles. The molecule has 0 spiro atoms. The molecule has 0 saturated carbocycles. The van der Waals surface area contributed by atoms with E-state index in [1.807, 2.05) is 43.3 Å². The van der Waals surface area contributed by atoms with Crippen LogP contribution in [0.3, 0.4) is 0 Å². The minimum atomic E-state index is -2.38. The number of hydrogen-bond donors (Lipinski definition) is 0. The average molecular weight is 222 g/mol.